The van der Waals surface area contributed by atoms with E-state index >= 15 is 0 Å². The van der Waals surface area contributed by atoms with Crippen LogP contribution in [-0.4, -0.2) is 30.3 Å². The van der Waals surface area contributed by atoms with E-state index in [9.17, 15) is 4.79 Å². The number of nitrogens with zero attached hydrogens (tertiary/aromatic N) is 5. The van der Waals surface area contributed by atoms with Gasteiger partial charge in [-0.1, -0.05) is 17.3 Å². The summed E-state index contributed by atoms with van der Waals surface area (Å²) in [4.78, 5) is 14.9. The minimum Gasteiger partial charge on any atom is -0.461 e. The predicted octanol–water partition coefficient (Wildman–Crippen LogP) is 4.38. The number of amides is 1. The molecule has 1 aromatic carbocycles. The summed E-state index contributed by atoms with van der Waals surface area (Å²) < 4.78 is 14.6. The molecular weight excluding hydrogens is 406 g/mol. The highest BCUT2D eigenvalue weighted by molar-refractivity contribution is 5.93. The van der Waals surface area contributed by atoms with Crippen LogP contribution in [0.5, 0.6) is 0 Å². The van der Waals surface area contributed by atoms with E-state index in [2.05, 4.69) is 24.2 Å². The predicted molar refractivity (Wildman–Crippen MR) is 115 cm³/mol. The van der Waals surface area contributed by atoms with E-state index in [4.69, 9.17) is 14.0 Å². The Morgan fingerprint density at radius 1 is 1.00 bits per heavy atom. The SMILES string of the molecule is Cc1cccc(-n2nc3c(c2-n2cccc2)CN(C(=O)c2cc(-c4ccco4)on2)C3)c1. The Labute approximate surface area is 183 Å². The lowest BCUT2D eigenvalue weighted by molar-refractivity contribution is 0.0738. The summed E-state index contributed by atoms with van der Waals surface area (Å²) in [5.41, 5.74) is 4.28. The Bertz CT molecular complexity index is 1410. The first-order chi connectivity index (χ1) is 15.7. The first-order valence-corrected chi connectivity index (χ1v) is 10.3. The van der Waals surface area contributed by atoms with Crippen LogP contribution in [0.25, 0.3) is 23.0 Å². The lowest BCUT2D eigenvalue weighted by Gasteiger charge is -2.16. The molecule has 0 atom stereocenters. The fourth-order valence-corrected chi connectivity index (χ4v) is 4.10. The van der Waals surface area contributed by atoms with Gasteiger partial charge in [-0.05, 0) is 48.9 Å². The van der Waals surface area contributed by atoms with Gasteiger partial charge in [-0.2, -0.15) is 5.10 Å². The van der Waals surface area contributed by atoms with E-state index in [1.54, 1.807) is 29.4 Å². The summed E-state index contributed by atoms with van der Waals surface area (Å²) in [5, 5.41) is 8.83. The molecule has 4 aromatic heterocycles. The molecule has 0 saturated carbocycles. The highest BCUT2D eigenvalue weighted by Gasteiger charge is 2.33. The van der Waals surface area contributed by atoms with E-state index in [1.165, 1.54) is 0 Å². The smallest absolute Gasteiger partial charge is 0.276 e. The Balaban J connectivity index is 1.34. The van der Waals surface area contributed by atoms with Crippen LogP contribution in [0.15, 0.2) is 82.2 Å². The summed E-state index contributed by atoms with van der Waals surface area (Å²) in [6, 6.07) is 17.3. The van der Waals surface area contributed by atoms with Gasteiger partial charge in [0.25, 0.3) is 5.91 Å². The zero-order chi connectivity index (χ0) is 21.7. The second-order valence-electron chi connectivity index (χ2n) is 7.80. The molecule has 1 aliphatic heterocycles. The minimum absolute atomic E-state index is 0.204. The van der Waals surface area contributed by atoms with E-state index in [1.807, 2.05) is 45.9 Å². The molecule has 8 nitrogen and oxygen atoms in total. The van der Waals surface area contributed by atoms with Crippen LogP contribution in [0, 0.1) is 6.92 Å². The van der Waals surface area contributed by atoms with Gasteiger partial charge in [0.05, 0.1) is 30.7 Å². The van der Waals surface area contributed by atoms with Crippen LogP contribution in [0.2, 0.25) is 0 Å². The van der Waals surface area contributed by atoms with Crippen molar-refractivity contribution < 1.29 is 13.7 Å². The normalized spacial score (nSPS) is 13.0. The molecule has 5 aromatic rings. The molecule has 0 spiro atoms. The number of hydrogen-bond donors (Lipinski definition) is 0. The largest absolute Gasteiger partial charge is 0.461 e. The molecule has 0 bridgehead atoms. The number of fused-ring (bicyclic) bond motifs is 1. The van der Waals surface area contributed by atoms with Crippen molar-refractivity contribution >= 4 is 5.91 Å². The highest BCUT2D eigenvalue weighted by atomic mass is 16.5. The second-order valence-corrected chi connectivity index (χ2v) is 7.80. The van der Waals surface area contributed by atoms with Crippen LogP contribution < -0.4 is 0 Å². The van der Waals surface area contributed by atoms with Gasteiger partial charge in [0.15, 0.2) is 11.5 Å². The molecular formula is C24H19N5O3. The number of hydrogen-bond acceptors (Lipinski definition) is 5. The van der Waals surface area contributed by atoms with Crippen LogP contribution >= 0.6 is 0 Å². The monoisotopic (exact) mass is 425 g/mol. The number of aryl methyl sites for hydroxylation is 1. The van der Waals surface area contributed by atoms with Gasteiger partial charge >= 0.3 is 0 Å². The lowest BCUT2D eigenvalue weighted by Crippen LogP contribution is -2.26. The maximum absolute atomic E-state index is 13.1. The zero-order valence-corrected chi connectivity index (χ0v) is 17.3. The van der Waals surface area contributed by atoms with Crippen LogP contribution in [0.1, 0.15) is 27.3 Å². The number of aromatic nitrogens is 4. The molecule has 0 saturated heterocycles. The molecule has 32 heavy (non-hydrogen) atoms. The van der Waals surface area contributed by atoms with Crippen LogP contribution in [0.4, 0.5) is 0 Å². The van der Waals surface area contributed by atoms with Gasteiger partial charge in [0, 0.05) is 24.0 Å². The Hall–Kier alpha value is -4.33. The molecule has 6 rings (SSSR count). The highest BCUT2D eigenvalue weighted by Crippen LogP contribution is 2.32. The molecule has 1 amide bonds. The van der Waals surface area contributed by atoms with Crippen molar-refractivity contribution in [3.05, 3.63) is 95.8 Å². The Morgan fingerprint density at radius 3 is 2.66 bits per heavy atom. The molecule has 5 heterocycles. The quantitative estimate of drug-likeness (QED) is 0.427. The summed E-state index contributed by atoms with van der Waals surface area (Å²) in [5.74, 6) is 1.69. The molecule has 8 heteroatoms. The maximum Gasteiger partial charge on any atom is 0.276 e. The van der Waals surface area contributed by atoms with Crippen molar-refractivity contribution in [2.75, 3.05) is 0 Å². The van der Waals surface area contributed by atoms with Gasteiger partial charge < -0.3 is 18.4 Å². The second kappa shape index (κ2) is 7.12. The molecule has 0 radical (unpaired) electrons. The third kappa shape index (κ3) is 2.96. The summed E-state index contributed by atoms with van der Waals surface area (Å²) in [6.45, 7) is 2.91. The summed E-state index contributed by atoms with van der Waals surface area (Å²) in [6.07, 6.45) is 5.52. The first-order valence-electron chi connectivity index (χ1n) is 10.3. The number of carbonyl (C=O) groups is 1. The van der Waals surface area contributed by atoms with Gasteiger partial charge in [0.2, 0.25) is 5.76 Å². The van der Waals surface area contributed by atoms with E-state index in [0.29, 0.717) is 24.6 Å². The Kier molecular flexibility index (Phi) is 4.10. The van der Waals surface area contributed by atoms with Gasteiger partial charge in [-0.3, -0.25) is 4.79 Å². The van der Waals surface area contributed by atoms with Crippen LogP contribution in [0.3, 0.4) is 0 Å². The zero-order valence-electron chi connectivity index (χ0n) is 17.3. The number of rotatable bonds is 4. The fraction of sp³-hybridized carbons (Fsp3) is 0.125. The van der Waals surface area contributed by atoms with E-state index in [-0.39, 0.29) is 11.6 Å². The first kappa shape index (κ1) is 18.4. The molecule has 0 unspecified atom stereocenters. The Morgan fingerprint density at radius 2 is 1.88 bits per heavy atom. The fourth-order valence-electron chi connectivity index (χ4n) is 4.10. The number of carbonyl (C=O) groups excluding carboxylic acids is 1. The average molecular weight is 425 g/mol. The molecule has 0 fully saturated rings. The number of benzene rings is 1. The number of furan rings is 1. The van der Waals surface area contributed by atoms with E-state index < -0.39 is 0 Å². The minimum atomic E-state index is -0.204. The maximum atomic E-state index is 13.1. The molecule has 1 aliphatic rings. The van der Waals surface area contributed by atoms with Crippen molar-refractivity contribution in [3.63, 3.8) is 0 Å². The molecule has 0 N–H and O–H groups in total. The third-order valence-corrected chi connectivity index (χ3v) is 5.60. The topological polar surface area (TPSA) is 82.2 Å². The average Bonchev–Trinajstić information content (AvgIpc) is 3.60. The van der Waals surface area contributed by atoms with Gasteiger partial charge in [0.1, 0.15) is 5.82 Å². The lowest BCUT2D eigenvalue weighted by atomic mass is 10.2. The van der Waals surface area contributed by atoms with Gasteiger partial charge in [-0.25, -0.2) is 4.68 Å². The van der Waals surface area contributed by atoms with Crippen LogP contribution in [-0.2, 0) is 13.1 Å². The van der Waals surface area contributed by atoms with Crippen molar-refractivity contribution in [2.45, 2.75) is 20.0 Å². The van der Waals surface area contributed by atoms with E-state index in [0.717, 1.165) is 28.3 Å². The standard InChI is InChI=1S/C24H19N5O3/c1-16-6-4-7-17(12-16)29-23(27-9-2-3-10-27)18-14-28(15-20(18)25-29)24(30)19-13-22(32-26-19)21-8-5-11-31-21/h2-13H,14-15H2,1H3. The summed E-state index contributed by atoms with van der Waals surface area (Å²) in [7, 11) is 0. The molecule has 0 aliphatic carbocycles. The molecule has 158 valence electrons. The van der Waals surface area contributed by atoms with Crippen molar-refractivity contribution in [1.29, 1.82) is 0 Å². The van der Waals surface area contributed by atoms with Gasteiger partial charge in [-0.15, -0.1) is 0 Å². The summed E-state index contributed by atoms with van der Waals surface area (Å²) >= 11 is 0. The van der Waals surface area contributed by atoms with Crippen molar-refractivity contribution in [2.24, 2.45) is 0 Å². The third-order valence-electron chi connectivity index (χ3n) is 5.60. The van der Waals surface area contributed by atoms with Crippen molar-refractivity contribution in [3.8, 4) is 23.0 Å². The van der Waals surface area contributed by atoms with Crippen molar-refractivity contribution in [1.82, 2.24) is 24.4 Å².